The summed E-state index contributed by atoms with van der Waals surface area (Å²) < 4.78 is 14.1. The number of pyridine rings is 1. The highest BCUT2D eigenvalue weighted by atomic mass is 79.9. The Labute approximate surface area is 86.5 Å². The molecule has 0 aliphatic heterocycles. The molecule has 0 bridgehead atoms. The fourth-order valence-corrected chi connectivity index (χ4v) is 2.33. The van der Waals surface area contributed by atoms with Gasteiger partial charge in [0.05, 0.1) is 0 Å². The van der Waals surface area contributed by atoms with Gasteiger partial charge in [0.1, 0.15) is 10.4 Å². The second-order valence-corrected chi connectivity index (χ2v) is 4.91. The summed E-state index contributed by atoms with van der Waals surface area (Å²) in [6, 6.07) is 1.46. The van der Waals surface area contributed by atoms with Crippen LogP contribution in [0.5, 0.6) is 0 Å². The number of hydrogen-bond donors (Lipinski definition) is 0. The first-order valence-corrected chi connectivity index (χ1v) is 4.95. The number of aromatic nitrogens is 1. The van der Waals surface area contributed by atoms with Gasteiger partial charge in [-0.25, -0.2) is 9.37 Å². The third kappa shape index (κ3) is 2.27. The van der Waals surface area contributed by atoms with Crippen molar-refractivity contribution < 1.29 is 4.39 Å². The van der Waals surface area contributed by atoms with E-state index in [0.717, 1.165) is 0 Å². The molecule has 0 radical (unpaired) electrons. The molecule has 0 aliphatic carbocycles. The van der Waals surface area contributed by atoms with Crippen molar-refractivity contribution in [1.29, 1.82) is 0 Å². The van der Waals surface area contributed by atoms with Crippen molar-refractivity contribution in [2.75, 3.05) is 0 Å². The second-order valence-electron chi connectivity index (χ2n) is 4.16. The molecular weight excluding hydrogens is 233 g/mol. The van der Waals surface area contributed by atoms with E-state index in [9.17, 15) is 4.39 Å². The van der Waals surface area contributed by atoms with E-state index in [1.54, 1.807) is 6.92 Å². The number of halogens is 2. The Kier molecular flexibility index (Phi) is 2.76. The maximum absolute atomic E-state index is 13.5. The quantitative estimate of drug-likeness (QED) is 0.637. The molecule has 1 aromatic heterocycles. The Morgan fingerprint density at radius 2 is 1.92 bits per heavy atom. The summed E-state index contributed by atoms with van der Waals surface area (Å²) in [7, 11) is 0. The molecule has 0 atom stereocenters. The molecule has 0 saturated heterocycles. The molecule has 1 nitrogen and oxygen atoms in total. The zero-order valence-corrected chi connectivity index (χ0v) is 9.87. The lowest BCUT2D eigenvalue weighted by Gasteiger charge is -2.20. The van der Waals surface area contributed by atoms with Gasteiger partial charge in [0.25, 0.3) is 0 Å². The minimum Gasteiger partial charge on any atom is -0.246 e. The minimum atomic E-state index is -0.219. The van der Waals surface area contributed by atoms with Crippen LogP contribution in [0.1, 0.15) is 32.0 Å². The minimum absolute atomic E-state index is 0.188. The van der Waals surface area contributed by atoms with Crippen LogP contribution in [0, 0.1) is 12.7 Å². The Bertz CT molecular complexity index is 305. The van der Waals surface area contributed by atoms with Crippen LogP contribution in [-0.2, 0) is 5.41 Å². The van der Waals surface area contributed by atoms with Crippen LogP contribution in [0.15, 0.2) is 10.7 Å². The predicted octanol–water partition coefficient (Wildman–Crippen LogP) is 3.59. The Morgan fingerprint density at radius 1 is 1.38 bits per heavy atom. The normalized spacial score (nSPS) is 11.8. The number of aryl methyl sites for hydroxylation is 1. The summed E-state index contributed by atoms with van der Waals surface area (Å²) in [5, 5.41) is 0. The van der Waals surface area contributed by atoms with Crippen molar-refractivity contribution in [3.05, 3.63) is 27.7 Å². The molecule has 0 saturated carbocycles. The highest BCUT2D eigenvalue weighted by Crippen LogP contribution is 2.30. The highest BCUT2D eigenvalue weighted by molar-refractivity contribution is 9.10. The molecule has 1 heterocycles. The van der Waals surface area contributed by atoms with E-state index in [1.807, 2.05) is 20.8 Å². The van der Waals surface area contributed by atoms with E-state index in [2.05, 4.69) is 20.9 Å². The molecule has 3 heteroatoms. The maximum Gasteiger partial charge on any atom is 0.131 e. The summed E-state index contributed by atoms with van der Waals surface area (Å²) in [6.45, 7) is 7.67. The van der Waals surface area contributed by atoms with Crippen LogP contribution in [0.4, 0.5) is 4.39 Å². The van der Waals surface area contributed by atoms with Gasteiger partial charge >= 0.3 is 0 Å². The summed E-state index contributed by atoms with van der Waals surface area (Å²) >= 11 is 3.28. The fraction of sp³-hybridized carbons (Fsp3) is 0.500. The Morgan fingerprint density at radius 3 is 2.31 bits per heavy atom. The molecule has 0 amide bonds. The van der Waals surface area contributed by atoms with Gasteiger partial charge in [-0.2, -0.15) is 0 Å². The number of nitrogens with zero attached hydrogens (tertiary/aromatic N) is 1. The lowest BCUT2D eigenvalue weighted by molar-refractivity contribution is 0.514. The van der Waals surface area contributed by atoms with Crippen LogP contribution < -0.4 is 0 Å². The van der Waals surface area contributed by atoms with E-state index >= 15 is 0 Å². The van der Waals surface area contributed by atoms with Gasteiger partial charge in [-0.1, -0.05) is 20.8 Å². The van der Waals surface area contributed by atoms with Gasteiger partial charge in [-0.05, 0) is 34.3 Å². The number of hydrogen-bond acceptors (Lipinski definition) is 1. The molecule has 0 aromatic carbocycles. The van der Waals surface area contributed by atoms with Gasteiger partial charge in [-0.15, -0.1) is 0 Å². The van der Waals surface area contributed by atoms with Gasteiger partial charge in [0.15, 0.2) is 0 Å². The van der Waals surface area contributed by atoms with E-state index < -0.39 is 0 Å². The Balaban J connectivity index is 3.38. The van der Waals surface area contributed by atoms with E-state index in [-0.39, 0.29) is 11.2 Å². The molecule has 72 valence electrons. The second kappa shape index (κ2) is 3.37. The Hall–Kier alpha value is -0.440. The van der Waals surface area contributed by atoms with E-state index in [4.69, 9.17) is 0 Å². The van der Waals surface area contributed by atoms with Crippen LogP contribution in [-0.4, -0.2) is 4.98 Å². The van der Waals surface area contributed by atoms with Crippen molar-refractivity contribution in [2.45, 2.75) is 33.1 Å². The van der Waals surface area contributed by atoms with E-state index in [0.29, 0.717) is 15.9 Å². The van der Waals surface area contributed by atoms with Gasteiger partial charge in [-0.3, -0.25) is 0 Å². The molecule has 1 aromatic rings. The van der Waals surface area contributed by atoms with Crippen molar-refractivity contribution in [3.8, 4) is 0 Å². The number of rotatable bonds is 0. The summed E-state index contributed by atoms with van der Waals surface area (Å²) in [6.07, 6.45) is 0. The van der Waals surface area contributed by atoms with Crippen LogP contribution in [0.25, 0.3) is 0 Å². The van der Waals surface area contributed by atoms with Crippen LogP contribution in [0.3, 0.4) is 0 Å². The molecule has 0 unspecified atom stereocenters. The SMILES string of the molecule is Cc1cc(F)c(C(C)(C)C)c(Br)n1. The fourth-order valence-electron chi connectivity index (χ4n) is 1.26. The smallest absolute Gasteiger partial charge is 0.131 e. The summed E-state index contributed by atoms with van der Waals surface area (Å²) in [4.78, 5) is 4.18. The monoisotopic (exact) mass is 245 g/mol. The zero-order chi connectivity index (χ0) is 10.2. The third-order valence-electron chi connectivity index (χ3n) is 1.81. The summed E-state index contributed by atoms with van der Waals surface area (Å²) in [5.74, 6) is -0.188. The molecule has 1 rings (SSSR count). The zero-order valence-electron chi connectivity index (χ0n) is 8.28. The highest BCUT2D eigenvalue weighted by Gasteiger charge is 2.22. The van der Waals surface area contributed by atoms with Crippen LogP contribution >= 0.6 is 15.9 Å². The van der Waals surface area contributed by atoms with Crippen molar-refractivity contribution >= 4 is 15.9 Å². The maximum atomic E-state index is 13.5. The molecule has 0 aliphatic rings. The van der Waals surface area contributed by atoms with Crippen molar-refractivity contribution in [3.63, 3.8) is 0 Å². The van der Waals surface area contributed by atoms with E-state index in [1.165, 1.54) is 6.07 Å². The van der Waals surface area contributed by atoms with Crippen LogP contribution in [0.2, 0.25) is 0 Å². The van der Waals surface area contributed by atoms with Crippen molar-refractivity contribution in [2.24, 2.45) is 0 Å². The first-order chi connectivity index (χ1) is 5.82. The molecule has 0 N–H and O–H groups in total. The lowest BCUT2D eigenvalue weighted by Crippen LogP contribution is -2.15. The first-order valence-electron chi connectivity index (χ1n) is 4.15. The molecule has 13 heavy (non-hydrogen) atoms. The predicted molar refractivity (Wildman–Crippen MR) is 55.3 cm³/mol. The van der Waals surface area contributed by atoms with Gasteiger partial charge in [0.2, 0.25) is 0 Å². The largest absolute Gasteiger partial charge is 0.246 e. The van der Waals surface area contributed by atoms with Crippen molar-refractivity contribution in [1.82, 2.24) is 4.98 Å². The van der Waals surface area contributed by atoms with Gasteiger partial charge < -0.3 is 0 Å². The molecule has 0 fully saturated rings. The third-order valence-corrected chi connectivity index (χ3v) is 2.38. The molecular formula is C10H13BrFN. The lowest BCUT2D eigenvalue weighted by atomic mass is 9.88. The first kappa shape index (κ1) is 10.6. The average Bonchev–Trinajstić information content (AvgIpc) is 1.78. The average molecular weight is 246 g/mol. The molecule has 0 spiro atoms. The summed E-state index contributed by atoms with van der Waals surface area (Å²) in [5.41, 5.74) is 1.11. The standard InChI is InChI=1S/C10H13BrFN/c1-6-5-7(12)8(9(11)13-6)10(2,3)4/h5H,1-4H3. The van der Waals surface area contributed by atoms with Gasteiger partial charge in [0, 0.05) is 11.3 Å². The topological polar surface area (TPSA) is 12.9 Å².